The van der Waals surface area contributed by atoms with E-state index in [1.807, 2.05) is 37.2 Å². The number of anilines is 1. The summed E-state index contributed by atoms with van der Waals surface area (Å²) >= 11 is 0. The van der Waals surface area contributed by atoms with Gasteiger partial charge in [0.15, 0.2) is 5.76 Å². The molecular formula is C20H23N5O3. The number of nitrogens with zero attached hydrogens (tertiary/aromatic N) is 4. The SMILES string of the molecule is CN(C)c1cccc(C(=O)NCCn2nc(-c3ccco3)n(C3CC3)c2=O)c1. The number of carbonyl (C=O) groups is 1. The Labute approximate surface area is 162 Å². The Hall–Kier alpha value is -3.29. The summed E-state index contributed by atoms with van der Waals surface area (Å²) < 4.78 is 8.52. The van der Waals surface area contributed by atoms with Gasteiger partial charge in [-0.2, -0.15) is 0 Å². The summed E-state index contributed by atoms with van der Waals surface area (Å²) in [6.07, 6.45) is 3.51. The smallest absolute Gasteiger partial charge is 0.346 e. The quantitative estimate of drug-likeness (QED) is 0.678. The average molecular weight is 381 g/mol. The van der Waals surface area contributed by atoms with Gasteiger partial charge in [0.05, 0.1) is 12.8 Å². The fraction of sp³-hybridized carbons (Fsp3) is 0.350. The van der Waals surface area contributed by atoms with Gasteiger partial charge in [0, 0.05) is 37.9 Å². The van der Waals surface area contributed by atoms with E-state index in [9.17, 15) is 9.59 Å². The molecular weight excluding hydrogens is 358 g/mol. The lowest BCUT2D eigenvalue weighted by molar-refractivity contribution is 0.0952. The first-order valence-electron chi connectivity index (χ1n) is 9.33. The summed E-state index contributed by atoms with van der Waals surface area (Å²) in [6.45, 7) is 0.607. The first-order valence-corrected chi connectivity index (χ1v) is 9.33. The number of rotatable bonds is 7. The molecule has 0 radical (unpaired) electrons. The Morgan fingerprint density at radius 1 is 1.29 bits per heavy atom. The molecule has 2 aromatic heterocycles. The van der Waals surface area contributed by atoms with Crippen LogP contribution in [0.5, 0.6) is 0 Å². The van der Waals surface area contributed by atoms with Gasteiger partial charge < -0.3 is 14.6 Å². The molecule has 1 aliphatic rings. The van der Waals surface area contributed by atoms with Crippen LogP contribution < -0.4 is 15.9 Å². The highest BCUT2D eigenvalue weighted by Crippen LogP contribution is 2.36. The van der Waals surface area contributed by atoms with Crippen molar-refractivity contribution < 1.29 is 9.21 Å². The zero-order valence-corrected chi connectivity index (χ0v) is 16.0. The van der Waals surface area contributed by atoms with Crippen molar-refractivity contribution in [2.45, 2.75) is 25.4 Å². The highest BCUT2D eigenvalue weighted by Gasteiger charge is 2.31. The minimum Gasteiger partial charge on any atom is -0.461 e. The van der Waals surface area contributed by atoms with Crippen LogP contribution in [0.2, 0.25) is 0 Å². The monoisotopic (exact) mass is 381 g/mol. The number of nitrogens with one attached hydrogen (secondary N) is 1. The summed E-state index contributed by atoms with van der Waals surface area (Å²) in [5.74, 6) is 0.944. The zero-order valence-electron chi connectivity index (χ0n) is 16.0. The Morgan fingerprint density at radius 2 is 2.11 bits per heavy atom. The summed E-state index contributed by atoms with van der Waals surface area (Å²) in [7, 11) is 3.85. The van der Waals surface area contributed by atoms with Crippen molar-refractivity contribution >= 4 is 11.6 Å². The summed E-state index contributed by atoms with van der Waals surface area (Å²) in [4.78, 5) is 27.1. The molecule has 0 atom stereocenters. The lowest BCUT2D eigenvalue weighted by Crippen LogP contribution is -2.32. The predicted molar refractivity (Wildman–Crippen MR) is 106 cm³/mol. The molecule has 1 N–H and O–H groups in total. The van der Waals surface area contributed by atoms with Gasteiger partial charge in [-0.3, -0.25) is 9.36 Å². The second-order valence-electron chi connectivity index (χ2n) is 7.11. The largest absolute Gasteiger partial charge is 0.461 e. The molecule has 0 bridgehead atoms. The van der Waals surface area contributed by atoms with Gasteiger partial charge in [0.2, 0.25) is 5.82 Å². The molecule has 4 rings (SSSR count). The summed E-state index contributed by atoms with van der Waals surface area (Å²) in [6, 6.07) is 11.1. The molecule has 1 aliphatic carbocycles. The number of hydrogen-bond donors (Lipinski definition) is 1. The number of furan rings is 1. The third kappa shape index (κ3) is 3.58. The van der Waals surface area contributed by atoms with E-state index in [2.05, 4.69) is 10.4 Å². The standard InChI is InChI=1S/C20H23N5O3/c1-23(2)16-6-3-5-14(13-16)19(26)21-10-11-24-20(27)25(15-8-9-15)18(22-24)17-7-4-12-28-17/h3-7,12-13,15H,8-11H2,1-2H3,(H,21,26). The van der Waals surface area contributed by atoms with Gasteiger partial charge in [-0.05, 0) is 43.2 Å². The van der Waals surface area contributed by atoms with Gasteiger partial charge in [0.1, 0.15) is 0 Å². The Balaban J connectivity index is 1.46. The van der Waals surface area contributed by atoms with Crippen molar-refractivity contribution in [3.05, 3.63) is 58.7 Å². The van der Waals surface area contributed by atoms with Crippen LogP contribution in [0.4, 0.5) is 5.69 Å². The molecule has 1 fully saturated rings. The van der Waals surface area contributed by atoms with E-state index in [1.54, 1.807) is 29.0 Å². The third-order valence-corrected chi connectivity index (χ3v) is 4.76. The Morgan fingerprint density at radius 3 is 2.79 bits per heavy atom. The normalized spacial score (nSPS) is 13.5. The molecule has 8 nitrogen and oxygen atoms in total. The topological polar surface area (TPSA) is 85.3 Å². The highest BCUT2D eigenvalue weighted by atomic mass is 16.3. The van der Waals surface area contributed by atoms with E-state index in [-0.39, 0.29) is 17.6 Å². The number of amides is 1. The molecule has 0 saturated heterocycles. The maximum absolute atomic E-state index is 12.7. The molecule has 1 amide bonds. The van der Waals surface area contributed by atoms with E-state index in [1.165, 1.54) is 4.68 Å². The molecule has 1 aromatic carbocycles. The van der Waals surface area contributed by atoms with Crippen molar-refractivity contribution in [1.29, 1.82) is 0 Å². The van der Waals surface area contributed by atoms with Crippen molar-refractivity contribution in [3.63, 3.8) is 0 Å². The second kappa shape index (κ2) is 7.38. The lowest BCUT2D eigenvalue weighted by Gasteiger charge is -2.13. The molecule has 146 valence electrons. The van der Waals surface area contributed by atoms with E-state index in [4.69, 9.17) is 4.42 Å². The number of carbonyl (C=O) groups excluding carboxylic acids is 1. The molecule has 0 spiro atoms. The van der Waals surface area contributed by atoms with E-state index in [0.29, 0.717) is 30.2 Å². The molecule has 0 unspecified atom stereocenters. The van der Waals surface area contributed by atoms with Crippen LogP contribution in [0.25, 0.3) is 11.6 Å². The van der Waals surface area contributed by atoms with Crippen LogP contribution in [-0.4, -0.2) is 40.9 Å². The van der Waals surface area contributed by atoms with Crippen LogP contribution in [0.15, 0.2) is 51.9 Å². The average Bonchev–Trinajstić information content (AvgIpc) is 3.26. The number of aromatic nitrogens is 3. The number of hydrogen-bond acceptors (Lipinski definition) is 5. The van der Waals surface area contributed by atoms with Crippen molar-refractivity contribution in [3.8, 4) is 11.6 Å². The predicted octanol–water partition coefficient (Wildman–Crippen LogP) is 2.14. The van der Waals surface area contributed by atoms with Crippen LogP contribution in [0.3, 0.4) is 0 Å². The van der Waals surface area contributed by atoms with Crippen LogP contribution in [0, 0.1) is 0 Å². The molecule has 0 aliphatic heterocycles. The lowest BCUT2D eigenvalue weighted by atomic mass is 10.2. The number of benzene rings is 1. The van der Waals surface area contributed by atoms with Gasteiger partial charge in [-0.1, -0.05) is 6.07 Å². The molecule has 28 heavy (non-hydrogen) atoms. The van der Waals surface area contributed by atoms with E-state index in [0.717, 1.165) is 18.5 Å². The van der Waals surface area contributed by atoms with Gasteiger partial charge >= 0.3 is 5.69 Å². The second-order valence-corrected chi connectivity index (χ2v) is 7.11. The van der Waals surface area contributed by atoms with Gasteiger partial charge in [-0.15, -0.1) is 5.10 Å². The minimum absolute atomic E-state index is 0.169. The van der Waals surface area contributed by atoms with Gasteiger partial charge in [0.25, 0.3) is 5.91 Å². The molecule has 8 heteroatoms. The van der Waals surface area contributed by atoms with Crippen molar-refractivity contribution in [1.82, 2.24) is 19.7 Å². The zero-order chi connectivity index (χ0) is 19.7. The first-order chi connectivity index (χ1) is 13.5. The molecule has 1 saturated carbocycles. The highest BCUT2D eigenvalue weighted by molar-refractivity contribution is 5.95. The van der Waals surface area contributed by atoms with Crippen molar-refractivity contribution in [2.75, 3.05) is 25.5 Å². The van der Waals surface area contributed by atoms with E-state index >= 15 is 0 Å². The fourth-order valence-electron chi connectivity index (χ4n) is 3.10. The summed E-state index contributed by atoms with van der Waals surface area (Å²) in [5, 5.41) is 7.30. The van der Waals surface area contributed by atoms with Crippen molar-refractivity contribution in [2.24, 2.45) is 0 Å². The Kier molecular flexibility index (Phi) is 4.77. The maximum atomic E-state index is 12.7. The fourth-order valence-corrected chi connectivity index (χ4v) is 3.10. The maximum Gasteiger partial charge on any atom is 0.346 e. The third-order valence-electron chi connectivity index (χ3n) is 4.76. The van der Waals surface area contributed by atoms with Crippen LogP contribution in [0.1, 0.15) is 29.2 Å². The minimum atomic E-state index is -0.176. The molecule has 2 heterocycles. The van der Waals surface area contributed by atoms with E-state index < -0.39 is 0 Å². The van der Waals surface area contributed by atoms with Gasteiger partial charge in [-0.25, -0.2) is 9.48 Å². The summed E-state index contributed by atoms with van der Waals surface area (Å²) in [5.41, 5.74) is 1.37. The van der Waals surface area contributed by atoms with Crippen LogP contribution in [-0.2, 0) is 6.54 Å². The Bertz CT molecular complexity index is 1030. The molecule has 3 aromatic rings. The first kappa shape index (κ1) is 18.1. The van der Waals surface area contributed by atoms with Crippen LogP contribution >= 0.6 is 0 Å².